The summed E-state index contributed by atoms with van der Waals surface area (Å²) >= 11 is 0. The van der Waals surface area contributed by atoms with E-state index in [0.717, 1.165) is 31.5 Å². The highest BCUT2D eigenvalue weighted by molar-refractivity contribution is 5.25. The SMILES string of the molecule is OC(CCc1cccc(C(F)(F)F)c1)C1CCCN1. The summed E-state index contributed by atoms with van der Waals surface area (Å²) in [5, 5.41) is 13.2. The monoisotopic (exact) mass is 273 g/mol. The van der Waals surface area contributed by atoms with Crippen molar-refractivity contribution >= 4 is 0 Å². The minimum absolute atomic E-state index is 0.0887. The fraction of sp³-hybridized carbons (Fsp3) is 0.571. The number of nitrogens with one attached hydrogen (secondary N) is 1. The van der Waals surface area contributed by atoms with Gasteiger partial charge in [0, 0.05) is 6.04 Å². The lowest BCUT2D eigenvalue weighted by molar-refractivity contribution is -0.137. The van der Waals surface area contributed by atoms with Crippen LogP contribution >= 0.6 is 0 Å². The van der Waals surface area contributed by atoms with Gasteiger partial charge in [-0.15, -0.1) is 0 Å². The molecule has 0 bridgehead atoms. The first kappa shape index (κ1) is 14.3. The summed E-state index contributed by atoms with van der Waals surface area (Å²) in [6.07, 6.45) is -1.86. The molecule has 106 valence electrons. The van der Waals surface area contributed by atoms with Crippen molar-refractivity contribution in [2.75, 3.05) is 6.54 Å². The molecule has 0 radical (unpaired) electrons. The Morgan fingerprint density at radius 2 is 2.16 bits per heavy atom. The predicted octanol–water partition coefficient (Wildman–Crippen LogP) is 2.75. The fourth-order valence-corrected chi connectivity index (χ4v) is 2.46. The Hall–Kier alpha value is -1.07. The normalized spacial score (nSPS) is 21.6. The molecule has 2 N–H and O–H groups in total. The number of aliphatic hydroxyl groups excluding tert-OH is 1. The van der Waals surface area contributed by atoms with Crippen molar-refractivity contribution in [2.24, 2.45) is 0 Å². The maximum Gasteiger partial charge on any atom is 0.416 e. The van der Waals surface area contributed by atoms with Crippen LogP contribution in [0.4, 0.5) is 13.2 Å². The van der Waals surface area contributed by atoms with Gasteiger partial charge in [0.15, 0.2) is 0 Å². The van der Waals surface area contributed by atoms with E-state index in [0.29, 0.717) is 18.4 Å². The highest BCUT2D eigenvalue weighted by Gasteiger charge is 2.30. The molecular formula is C14H18F3NO. The first-order chi connectivity index (χ1) is 8.97. The van der Waals surface area contributed by atoms with Gasteiger partial charge in [-0.05, 0) is 43.9 Å². The van der Waals surface area contributed by atoms with E-state index in [2.05, 4.69) is 5.32 Å². The van der Waals surface area contributed by atoms with Crippen molar-refractivity contribution in [2.45, 2.75) is 44.0 Å². The zero-order chi connectivity index (χ0) is 13.9. The van der Waals surface area contributed by atoms with Crippen LogP contribution in [-0.4, -0.2) is 23.8 Å². The predicted molar refractivity (Wildman–Crippen MR) is 66.8 cm³/mol. The van der Waals surface area contributed by atoms with Crippen LogP contribution in [0.15, 0.2) is 24.3 Å². The summed E-state index contributed by atoms with van der Waals surface area (Å²) < 4.78 is 37.7. The summed E-state index contributed by atoms with van der Waals surface area (Å²) in [5.74, 6) is 0. The summed E-state index contributed by atoms with van der Waals surface area (Å²) in [4.78, 5) is 0. The third-order valence-electron chi connectivity index (χ3n) is 3.55. The fourth-order valence-electron chi connectivity index (χ4n) is 2.46. The van der Waals surface area contributed by atoms with Gasteiger partial charge in [0.05, 0.1) is 11.7 Å². The molecule has 1 aliphatic rings. The smallest absolute Gasteiger partial charge is 0.391 e. The Morgan fingerprint density at radius 1 is 1.37 bits per heavy atom. The standard InChI is InChI=1S/C14H18F3NO/c15-14(16,17)11-4-1-3-10(9-11)6-7-13(19)12-5-2-8-18-12/h1,3-4,9,12-13,18-19H,2,5-8H2. The van der Waals surface area contributed by atoms with Gasteiger partial charge < -0.3 is 10.4 Å². The van der Waals surface area contributed by atoms with Crippen molar-refractivity contribution in [1.29, 1.82) is 0 Å². The number of aryl methyl sites for hydroxylation is 1. The quantitative estimate of drug-likeness (QED) is 0.884. The highest BCUT2D eigenvalue weighted by atomic mass is 19.4. The van der Waals surface area contributed by atoms with Gasteiger partial charge in [-0.25, -0.2) is 0 Å². The van der Waals surface area contributed by atoms with Gasteiger partial charge >= 0.3 is 6.18 Å². The first-order valence-corrected chi connectivity index (χ1v) is 6.54. The van der Waals surface area contributed by atoms with E-state index in [1.54, 1.807) is 6.07 Å². The number of hydrogen-bond donors (Lipinski definition) is 2. The molecule has 2 atom stereocenters. The van der Waals surface area contributed by atoms with Crippen molar-refractivity contribution in [3.05, 3.63) is 35.4 Å². The van der Waals surface area contributed by atoms with Crippen molar-refractivity contribution in [3.63, 3.8) is 0 Å². The van der Waals surface area contributed by atoms with Gasteiger partial charge in [-0.3, -0.25) is 0 Å². The molecule has 19 heavy (non-hydrogen) atoms. The number of rotatable bonds is 4. The number of aliphatic hydroxyl groups is 1. The van der Waals surface area contributed by atoms with Crippen molar-refractivity contribution in [3.8, 4) is 0 Å². The van der Waals surface area contributed by atoms with Crippen LogP contribution in [0, 0.1) is 0 Å². The van der Waals surface area contributed by atoms with Crippen LogP contribution < -0.4 is 5.32 Å². The lowest BCUT2D eigenvalue weighted by Crippen LogP contribution is -2.34. The Bertz CT molecular complexity index is 413. The lowest BCUT2D eigenvalue weighted by Gasteiger charge is -2.18. The second-order valence-electron chi connectivity index (χ2n) is 5.01. The molecule has 0 amide bonds. The molecule has 1 aromatic rings. The van der Waals surface area contributed by atoms with E-state index in [1.807, 2.05) is 0 Å². The molecule has 5 heteroatoms. The average Bonchev–Trinajstić information content (AvgIpc) is 2.89. The molecular weight excluding hydrogens is 255 g/mol. The molecule has 1 saturated heterocycles. The number of hydrogen-bond acceptors (Lipinski definition) is 2. The maximum absolute atomic E-state index is 12.6. The van der Waals surface area contributed by atoms with E-state index in [9.17, 15) is 18.3 Å². The van der Waals surface area contributed by atoms with Gasteiger partial charge in [0.1, 0.15) is 0 Å². The van der Waals surface area contributed by atoms with Crippen molar-refractivity contribution < 1.29 is 18.3 Å². The molecule has 2 unspecified atom stereocenters. The van der Waals surface area contributed by atoms with Crippen LogP contribution in [0.25, 0.3) is 0 Å². The molecule has 0 aliphatic carbocycles. The molecule has 1 aromatic carbocycles. The molecule has 2 nitrogen and oxygen atoms in total. The topological polar surface area (TPSA) is 32.3 Å². The Kier molecular flexibility index (Phi) is 4.47. The largest absolute Gasteiger partial charge is 0.416 e. The van der Waals surface area contributed by atoms with Gasteiger partial charge in [-0.2, -0.15) is 13.2 Å². The highest BCUT2D eigenvalue weighted by Crippen LogP contribution is 2.29. The minimum atomic E-state index is -4.30. The maximum atomic E-state index is 12.6. The number of alkyl halides is 3. The summed E-state index contributed by atoms with van der Waals surface area (Å²) in [7, 11) is 0. The second-order valence-corrected chi connectivity index (χ2v) is 5.01. The Morgan fingerprint density at radius 3 is 2.79 bits per heavy atom. The van der Waals surface area contributed by atoms with Crippen LogP contribution in [0.1, 0.15) is 30.4 Å². The molecule has 2 rings (SSSR count). The lowest BCUT2D eigenvalue weighted by atomic mass is 10.00. The number of halogens is 3. The van der Waals surface area contributed by atoms with Crippen LogP contribution in [0.2, 0.25) is 0 Å². The molecule has 1 heterocycles. The van der Waals surface area contributed by atoms with Crippen LogP contribution in [0.3, 0.4) is 0 Å². The van der Waals surface area contributed by atoms with E-state index >= 15 is 0 Å². The average molecular weight is 273 g/mol. The van der Waals surface area contributed by atoms with Gasteiger partial charge in [0.25, 0.3) is 0 Å². The van der Waals surface area contributed by atoms with Gasteiger partial charge in [-0.1, -0.05) is 18.2 Å². The zero-order valence-corrected chi connectivity index (χ0v) is 10.6. The molecule has 0 spiro atoms. The molecule has 1 aliphatic heterocycles. The van der Waals surface area contributed by atoms with Gasteiger partial charge in [0.2, 0.25) is 0 Å². The first-order valence-electron chi connectivity index (χ1n) is 6.54. The summed E-state index contributed by atoms with van der Waals surface area (Å²) in [5.41, 5.74) is -0.00893. The Balaban J connectivity index is 1.92. The molecule has 0 aromatic heterocycles. The van der Waals surface area contributed by atoms with Crippen LogP contribution in [0.5, 0.6) is 0 Å². The van der Waals surface area contributed by atoms with E-state index in [1.165, 1.54) is 6.07 Å². The van der Waals surface area contributed by atoms with E-state index in [4.69, 9.17) is 0 Å². The van der Waals surface area contributed by atoms with Crippen LogP contribution in [-0.2, 0) is 12.6 Å². The zero-order valence-electron chi connectivity index (χ0n) is 10.6. The third kappa shape index (κ3) is 3.94. The molecule has 1 fully saturated rings. The second kappa shape index (κ2) is 5.92. The number of benzene rings is 1. The third-order valence-corrected chi connectivity index (χ3v) is 3.55. The van der Waals surface area contributed by atoms with E-state index < -0.39 is 17.8 Å². The summed E-state index contributed by atoms with van der Waals surface area (Å²) in [6.45, 7) is 0.908. The van der Waals surface area contributed by atoms with Crippen molar-refractivity contribution in [1.82, 2.24) is 5.32 Å². The Labute approximate surface area is 110 Å². The minimum Gasteiger partial charge on any atom is -0.391 e. The van der Waals surface area contributed by atoms with E-state index in [-0.39, 0.29) is 6.04 Å². The molecule has 0 saturated carbocycles. The summed E-state index contributed by atoms with van der Waals surface area (Å²) in [6, 6.07) is 5.40.